The van der Waals surface area contributed by atoms with E-state index in [0.29, 0.717) is 26.2 Å². The van der Waals surface area contributed by atoms with Crippen molar-refractivity contribution in [1.82, 2.24) is 5.32 Å². The zero-order chi connectivity index (χ0) is 14.1. The first kappa shape index (κ1) is 15.4. The Bertz CT molecular complexity index is 409. The molecule has 0 atom stereocenters. The second-order valence-corrected chi connectivity index (χ2v) is 4.85. The SMILES string of the molecule is C=C(C)COCCNC(=O)CCc1ccc(C)cc1. The van der Waals surface area contributed by atoms with E-state index < -0.39 is 0 Å². The molecule has 0 spiro atoms. The monoisotopic (exact) mass is 261 g/mol. The summed E-state index contributed by atoms with van der Waals surface area (Å²) in [6, 6.07) is 8.27. The van der Waals surface area contributed by atoms with Crippen LogP contribution in [0.1, 0.15) is 24.5 Å². The zero-order valence-electron chi connectivity index (χ0n) is 11.9. The zero-order valence-corrected chi connectivity index (χ0v) is 11.9. The second kappa shape index (κ2) is 8.48. The second-order valence-electron chi connectivity index (χ2n) is 4.85. The molecule has 0 saturated heterocycles. The fraction of sp³-hybridized carbons (Fsp3) is 0.438. The highest BCUT2D eigenvalue weighted by molar-refractivity contribution is 5.76. The van der Waals surface area contributed by atoms with Crippen molar-refractivity contribution in [3.8, 4) is 0 Å². The standard InChI is InChI=1S/C16H23NO2/c1-13(2)12-19-11-10-17-16(18)9-8-15-6-4-14(3)5-7-15/h4-7H,1,8-12H2,2-3H3,(H,17,18). The highest BCUT2D eigenvalue weighted by Crippen LogP contribution is 2.05. The van der Waals surface area contributed by atoms with E-state index in [1.165, 1.54) is 11.1 Å². The molecule has 0 bridgehead atoms. The van der Waals surface area contributed by atoms with Gasteiger partial charge in [-0.25, -0.2) is 0 Å². The van der Waals surface area contributed by atoms with Crippen LogP contribution < -0.4 is 5.32 Å². The van der Waals surface area contributed by atoms with Crippen molar-refractivity contribution in [1.29, 1.82) is 0 Å². The maximum atomic E-state index is 11.6. The van der Waals surface area contributed by atoms with E-state index in [0.717, 1.165) is 12.0 Å². The highest BCUT2D eigenvalue weighted by atomic mass is 16.5. The number of carbonyl (C=O) groups excluding carboxylic acids is 1. The van der Waals surface area contributed by atoms with E-state index in [-0.39, 0.29) is 5.91 Å². The minimum atomic E-state index is 0.0690. The van der Waals surface area contributed by atoms with Crippen LogP contribution in [-0.4, -0.2) is 25.7 Å². The van der Waals surface area contributed by atoms with E-state index in [2.05, 4.69) is 43.1 Å². The van der Waals surface area contributed by atoms with E-state index >= 15 is 0 Å². The van der Waals surface area contributed by atoms with Crippen molar-refractivity contribution in [2.45, 2.75) is 26.7 Å². The molecule has 1 amide bonds. The molecule has 19 heavy (non-hydrogen) atoms. The lowest BCUT2D eigenvalue weighted by molar-refractivity contribution is -0.121. The number of nitrogens with one attached hydrogen (secondary N) is 1. The molecule has 1 aromatic rings. The normalized spacial score (nSPS) is 10.2. The molecule has 3 heteroatoms. The molecule has 104 valence electrons. The van der Waals surface area contributed by atoms with Gasteiger partial charge in [0, 0.05) is 13.0 Å². The van der Waals surface area contributed by atoms with Gasteiger partial charge in [0.1, 0.15) is 0 Å². The molecule has 1 aromatic carbocycles. The largest absolute Gasteiger partial charge is 0.375 e. The molecule has 0 radical (unpaired) electrons. The molecule has 3 nitrogen and oxygen atoms in total. The third kappa shape index (κ3) is 7.42. The molecule has 0 fully saturated rings. The van der Waals surface area contributed by atoms with Gasteiger partial charge in [0.2, 0.25) is 5.91 Å². The summed E-state index contributed by atoms with van der Waals surface area (Å²) < 4.78 is 5.31. The number of hydrogen-bond donors (Lipinski definition) is 1. The maximum Gasteiger partial charge on any atom is 0.220 e. The van der Waals surface area contributed by atoms with Crippen LogP contribution in [0.3, 0.4) is 0 Å². The third-order valence-electron chi connectivity index (χ3n) is 2.68. The Kier molecular flexibility index (Phi) is 6.90. The first-order valence-electron chi connectivity index (χ1n) is 6.62. The van der Waals surface area contributed by atoms with Gasteiger partial charge in [-0.15, -0.1) is 0 Å². The number of carbonyl (C=O) groups is 1. The summed E-state index contributed by atoms with van der Waals surface area (Å²) in [5.41, 5.74) is 3.42. The summed E-state index contributed by atoms with van der Waals surface area (Å²) in [6.07, 6.45) is 1.29. The number of ether oxygens (including phenoxy) is 1. The van der Waals surface area contributed by atoms with Gasteiger partial charge in [-0.2, -0.15) is 0 Å². The van der Waals surface area contributed by atoms with Gasteiger partial charge >= 0.3 is 0 Å². The van der Waals surface area contributed by atoms with Gasteiger partial charge in [0.05, 0.1) is 13.2 Å². The van der Waals surface area contributed by atoms with Crippen molar-refractivity contribution < 1.29 is 9.53 Å². The van der Waals surface area contributed by atoms with Crippen molar-refractivity contribution in [3.05, 3.63) is 47.5 Å². The van der Waals surface area contributed by atoms with Crippen molar-refractivity contribution in [2.24, 2.45) is 0 Å². The van der Waals surface area contributed by atoms with Crippen LogP contribution in [-0.2, 0) is 16.0 Å². The average Bonchev–Trinajstić information content (AvgIpc) is 2.37. The molecular weight excluding hydrogens is 238 g/mol. The topological polar surface area (TPSA) is 38.3 Å². The van der Waals surface area contributed by atoms with Gasteiger partial charge in [0.25, 0.3) is 0 Å². The molecule has 0 heterocycles. The number of amides is 1. The van der Waals surface area contributed by atoms with Gasteiger partial charge < -0.3 is 10.1 Å². The quantitative estimate of drug-likeness (QED) is 0.577. The molecule has 0 saturated carbocycles. The Morgan fingerprint density at radius 1 is 1.32 bits per heavy atom. The van der Waals surface area contributed by atoms with Crippen LogP contribution in [0, 0.1) is 6.92 Å². The summed E-state index contributed by atoms with van der Waals surface area (Å²) >= 11 is 0. The first-order valence-corrected chi connectivity index (χ1v) is 6.62. The fourth-order valence-corrected chi connectivity index (χ4v) is 1.61. The van der Waals surface area contributed by atoms with E-state index in [4.69, 9.17) is 4.74 Å². The highest BCUT2D eigenvalue weighted by Gasteiger charge is 2.01. The number of rotatable bonds is 8. The van der Waals surface area contributed by atoms with E-state index in [1.54, 1.807) is 0 Å². The Balaban J connectivity index is 2.11. The lowest BCUT2D eigenvalue weighted by atomic mass is 10.1. The minimum Gasteiger partial charge on any atom is -0.375 e. The van der Waals surface area contributed by atoms with E-state index in [1.807, 2.05) is 6.92 Å². The molecule has 1 rings (SSSR count). The molecule has 0 unspecified atom stereocenters. The van der Waals surface area contributed by atoms with Crippen LogP contribution in [0.2, 0.25) is 0 Å². The smallest absolute Gasteiger partial charge is 0.220 e. The molecule has 0 aliphatic carbocycles. The maximum absolute atomic E-state index is 11.6. The molecule has 1 N–H and O–H groups in total. The number of aryl methyl sites for hydroxylation is 2. The first-order chi connectivity index (χ1) is 9.08. The number of benzene rings is 1. The van der Waals surface area contributed by atoms with Crippen molar-refractivity contribution in [3.63, 3.8) is 0 Å². The summed E-state index contributed by atoms with van der Waals surface area (Å²) in [5, 5.41) is 2.84. The molecule has 0 aliphatic rings. The molecule has 0 aliphatic heterocycles. The Morgan fingerprint density at radius 2 is 2.00 bits per heavy atom. The van der Waals surface area contributed by atoms with E-state index in [9.17, 15) is 4.79 Å². The van der Waals surface area contributed by atoms with Crippen LogP contribution in [0.4, 0.5) is 0 Å². The Hall–Kier alpha value is -1.61. The Morgan fingerprint density at radius 3 is 2.63 bits per heavy atom. The summed E-state index contributed by atoms with van der Waals surface area (Å²) in [6.45, 7) is 9.36. The molecular formula is C16H23NO2. The van der Waals surface area contributed by atoms with Crippen molar-refractivity contribution >= 4 is 5.91 Å². The number of hydrogen-bond acceptors (Lipinski definition) is 2. The summed E-state index contributed by atoms with van der Waals surface area (Å²) in [5.74, 6) is 0.0690. The van der Waals surface area contributed by atoms with Crippen LogP contribution in [0.15, 0.2) is 36.4 Å². The summed E-state index contributed by atoms with van der Waals surface area (Å²) in [4.78, 5) is 11.6. The van der Waals surface area contributed by atoms with Gasteiger partial charge in [-0.3, -0.25) is 4.79 Å². The van der Waals surface area contributed by atoms with Crippen LogP contribution >= 0.6 is 0 Å². The van der Waals surface area contributed by atoms with Crippen LogP contribution in [0.5, 0.6) is 0 Å². The van der Waals surface area contributed by atoms with Gasteiger partial charge in [-0.1, -0.05) is 42.0 Å². The third-order valence-corrected chi connectivity index (χ3v) is 2.68. The van der Waals surface area contributed by atoms with Gasteiger partial charge in [0.15, 0.2) is 0 Å². The van der Waals surface area contributed by atoms with Crippen LogP contribution in [0.25, 0.3) is 0 Å². The fourth-order valence-electron chi connectivity index (χ4n) is 1.61. The van der Waals surface area contributed by atoms with Crippen molar-refractivity contribution in [2.75, 3.05) is 19.8 Å². The lowest BCUT2D eigenvalue weighted by Gasteiger charge is -2.06. The predicted molar refractivity (Wildman–Crippen MR) is 78.1 cm³/mol. The molecule has 0 aromatic heterocycles. The summed E-state index contributed by atoms with van der Waals surface area (Å²) in [7, 11) is 0. The average molecular weight is 261 g/mol. The van der Waals surface area contributed by atoms with Gasteiger partial charge in [-0.05, 0) is 25.8 Å². The Labute approximate surface area is 115 Å². The predicted octanol–water partition coefficient (Wildman–Crippen LogP) is 2.64. The minimum absolute atomic E-state index is 0.0690. The lowest BCUT2D eigenvalue weighted by Crippen LogP contribution is -2.27.